The van der Waals surface area contributed by atoms with Gasteiger partial charge in [0.2, 0.25) is 0 Å². The fourth-order valence-electron chi connectivity index (χ4n) is 5.09. The van der Waals surface area contributed by atoms with Gasteiger partial charge in [-0.05, 0) is 60.7 Å². The number of nitrogens with zero attached hydrogens (tertiary/aromatic N) is 7. The highest BCUT2D eigenvalue weighted by molar-refractivity contribution is 7.90. The zero-order valence-corrected chi connectivity index (χ0v) is 24.1. The average Bonchev–Trinajstić information content (AvgIpc) is 3.57. The van der Waals surface area contributed by atoms with E-state index in [4.69, 9.17) is 0 Å². The van der Waals surface area contributed by atoms with Gasteiger partial charge in [-0.25, -0.2) is 13.4 Å². The van der Waals surface area contributed by atoms with Crippen LogP contribution in [-0.4, -0.2) is 53.0 Å². The fraction of sp³-hybridized carbons (Fsp3) is 0.538. The molecule has 0 radical (unpaired) electrons. The van der Waals surface area contributed by atoms with Crippen LogP contribution in [0, 0.1) is 5.92 Å². The van der Waals surface area contributed by atoms with Crippen molar-refractivity contribution in [3.05, 3.63) is 52.7 Å². The van der Waals surface area contributed by atoms with Crippen LogP contribution in [0.25, 0.3) is 0 Å². The average molecular weight is 620 g/mol. The lowest BCUT2D eigenvalue weighted by molar-refractivity contribution is -0.143. The van der Waals surface area contributed by atoms with Crippen LogP contribution in [0.15, 0.2) is 35.4 Å². The molecular formula is C26H31F6N7O2S. The van der Waals surface area contributed by atoms with Crippen molar-refractivity contribution in [3.63, 3.8) is 0 Å². The standard InChI is InChI=1S/C26H31F6N7O2S/c1-4-38(14-17-7-5-6-8-17)23-19(11-22(13-33-23)42(3,40)41)16-39(24-34-36-37(2)35-24)15-18-9-20(25(27,28)29)12-21(10-18)26(30,31)32/h9-13,17H,4-8,14-16H2,1-3H3. The molecule has 16 heteroatoms. The van der Waals surface area contributed by atoms with Crippen LogP contribution in [0.5, 0.6) is 0 Å². The van der Waals surface area contributed by atoms with Gasteiger partial charge in [-0.2, -0.15) is 31.1 Å². The minimum Gasteiger partial charge on any atom is -0.356 e. The lowest BCUT2D eigenvalue weighted by Crippen LogP contribution is -2.32. The van der Waals surface area contributed by atoms with Gasteiger partial charge in [-0.15, -0.1) is 5.10 Å². The summed E-state index contributed by atoms with van der Waals surface area (Å²) in [6, 6.07) is 2.77. The van der Waals surface area contributed by atoms with Crippen molar-refractivity contribution in [2.45, 2.75) is 62.9 Å². The Bertz CT molecular complexity index is 1470. The number of rotatable bonds is 10. The van der Waals surface area contributed by atoms with Crippen LogP contribution in [0.3, 0.4) is 0 Å². The number of aryl methyl sites for hydroxylation is 1. The van der Waals surface area contributed by atoms with Gasteiger partial charge in [0.25, 0.3) is 5.95 Å². The van der Waals surface area contributed by atoms with Gasteiger partial charge in [0.05, 0.1) is 29.6 Å². The molecule has 4 rings (SSSR count). The van der Waals surface area contributed by atoms with Crippen LogP contribution in [-0.2, 0) is 42.3 Å². The second kappa shape index (κ2) is 12.1. The van der Waals surface area contributed by atoms with Crippen LogP contribution < -0.4 is 9.80 Å². The predicted molar refractivity (Wildman–Crippen MR) is 142 cm³/mol. The molecule has 42 heavy (non-hydrogen) atoms. The first-order valence-electron chi connectivity index (χ1n) is 13.3. The third-order valence-corrected chi connectivity index (χ3v) is 8.22. The quantitative estimate of drug-likeness (QED) is 0.283. The number of benzene rings is 1. The Labute approximate surface area is 239 Å². The molecule has 0 aliphatic heterocycles. The van der Waals surface area contributed by atoms with E-state index >= 15 is 0 Å². The molecule has 0 spiro atoms. The molecule has 0 atom stereocenters. The fourth-order valence-corrected chi connectivity index (χ4v) is 5.69. The summed E-state index contributed by atoms with van der Waals surface area (Å²) < 4.78 is 106. The number of sulfone groups is 1. The van der Waals surface area contributed by atoms with E-state index in [9.17, 15) is 34.8 Å². The second-order valence-electron chi connectivity index (χ2n) is 10.5. The Morgan fingerprint density at radius 2 is 1.57 bits per heavy atom. The van der Waals surface area contributed by atoms with Gasteiger partial charge in [0.15, 0.2) is 9.84 Å². The van der Waals surface area contributed by atoms with Crippen molar-refractivity contribution in [1.82, 2.24) is 25.2 Å². The molecule has 9 nitrogen and oxygen atoms in total. The topological polar surface area (TPSA) is 97.1 Å². The summed E-state index contributed by atoms with van der Waals surface area (Å²) in [5.41, 5.74) is -2.80. The van der Waals surface area contributed by atoms with Gasteiger partial charge in [0, 0.05) is 37.7 Å². The molecular weight excluding hydrogens is 588 g/mol. The van der Waals surface area contributed by atoms with Gasteiger partial charge in [-0.3, -0.25) is 0 Å². The molecule has 2 heterocycles. The predicted octanol–water partition coefficient (Wildman–Crippen LogP) is 5.27. The summed E-state index contributed by atoms with van der Waals surface area (Å²) in [5.74, 6) is 0.807. The van der Waals surface area contributed by atoms with Crippen molar-refractivity contribution in [1.29, 1.82) is 0 Å². The molecule has 230 valence electrons. The second-order valence-corrected chi connectivity index (χ2v) is 12.5. The number of hydrogen-bond donors (Lipinski definition) is 0. The SMILES string of the molecule is CCN(CC1CCCC1)c1ncc(S(C)(=O)=O)cc1CN(Cc1cc(C(F)(F)F)cc(C(F)(F)F)c1)c1nnn(C)n1. The molecule has 0 bridgehead atoms. The Hall–Kier alpha value is -3.43. The number of tetrazole rings is 1. The molecule has 1 aliphatic carbocycles. The van der Waals surface area contributed by atoms with E-state index in [1.165, 1.54) is 24.2 Å². The summed E-state index contributed by atoms with van der Waals surface area (Å²) in [4.78, 5) is 8.84. The Kier molecular flexibility index (Phi) is 9.04. The lowest BCUT2D eigenvalue weighted by Gasteiger charge is -2.29. The molecule has 1 aromatic carbocycles. The number of hydrogen-bond acceptors (Lipinski definition) is 8. The zero-order chi connectivity index (χ0) is 30.9. The van der Waals surface area contributed by atoms with Gasteiger partial charge < -0.3 is 9.80 Å². The van der Waals surface area contributed by atoms with E-state index in [0.29, 0.717) is 42.5 Å². The first-order valence-corrected chi connectivity index (χ1v) is 15.1. The van der Waals surface area contributed by atoms with Gasteiger partial charge in [-0.1, -0.05) is 17.9 Å². The molecule has 1 fully saturated rings. The summed E-state index contributed by atoms with van der Waals surface area (Å²) in [6.07, 6.45) is -3.47. The van der Waals surface area contributed by atoms with Crippen LogP contribution in [0.4, 0.5) is 38.1 Å². The van der Waals surface area contributed by atoms with Crippen LogP contribution >= 0.6 is 0 Å². The Morgan fingerprint density at radius 3 is 2.07 bits per heavy atom. The van der Waals surface area contributed by atoms with Crippen LogP contribution in [0.2, 0.25) is 0 Å². The van der Waals surface area contributed by atoms with Crippen molar-refractivity contribution in [3.8, 4) is 0 Å². The number of anilines is 2. The highest BCUT2D eigenvalue weighted by atomic mass is 32.2. The van der Waals surface area contributed by atoms with Crippen molar-refractivity contribution >= 4 is 21.6 Å². The maximum atomic E-state index is 13.6. The highest BCUT2D eigenvalue weighted by Crippen LogP contribution is 2.37. The Morgan fingerprint density at radius 1 is 0.952 bits per heavy atom. The van der Waals surface area contributed by atoms with E-state index in [1.807, 2.05) is 11.8 Å². The third kappa shape index (κ3) is 7.69. The number of aromatic nitrogens is 5. The molecule has 3 aromatic rings. The Balaban J connectivity index is 1.80. The first-order chi connectivity index (χ1) is 19.5. The number of alkyl halides is 6. The summed E-state index contributed by atoms with van der Waals surface area (Å²) >= 11 is 0. The molecule has 0 amide bonds. The zero-order valence-electron chi connectivity index (χ0n) is 23.2. The maximum Gasteiger partial charge on any atom is 0.416 e. The smallest absolute Gasteiger partial charge is 0.356 e. The first kappa shape index (κ1) is 31.5. The molecule has 0 saturated heterocycles. The summed E-state index contributed by atoms with van der Waals surface area (Å²) in [7, 11) is -2.24. The monoisotopic (exact) mass is 619 g/mol. The molecule has 1 saturated carbocycles. The van der Waals surface area contributed by atoms with E-state index in [-0.39, 0.29) is 29.0 Å². The number of halogens is 6. The minimum absolute atomic E-state index is 0.0637. The minimum atomic E-state index is -5.02. The van der Waals surface area contributed by atoms with E-state index < -0.39 is 39.9 Å². The molecule has 1 aliphatic rings. The normalized spacial score (nSPS) is 14.9. The van der Waals surface area contributed by atoms with Gasteiger partial charge in [0.1, 0.15) is 5.82 Å². The molecule has 2 aromatic heterocycles. The van der Waals surface area contributed by atoms with E-state index in [1.54, 1.807) is 0 Å². The maximum absolute atomic E-state index is 13.6. The van der Waals surface area contributed by atoms with E-state index in [2.05, 4.69) is 20.4 Å². The third-order valence-electron chi connectivity index (χ3n) is 7.14. The van der Waals surface area contributed by atoms with Gasteiger partial charge >= 0.3 is 12.4 Å². The largest absolute Gasteiger partial charge is 0.416 e. The lowest BCUT2D eigenvalue weighted by atomic mass is 10.0. The number of pyridine rings is 1. The van der Waals surface area contributed by atoms with E-state index in [0.717, 1.165) is 36.7 Å². The summed E-state index contributed by atoms with van der Waals surface area (Å²) in [6.45, 7) is 2.50. The van der Waals surface area contributed by atoms with Crippen molar-refractivity contribution in [2.24, 2.45) is 13.0 Å². The highest BCUT2D eigenvalue weighted by Gasteiger charge is 2.37. The molecule has 0 unspecified atom stereocenters. The van der Waals surface area contributed by atoms with Crippen molar-refractivity contribution < 1.29 is 34.8 Å². The van der Waals surface area contributed by atoms with Crippen LogP contribution in [0.1, 0.15) is 54.9 Å². The van der Waals surface area contributed by atoms with Crippen molar-refractivity contribution in [2.75, 3.05) is 29.1 Å². The summed E-state index contributed by atoms with van der Waals surface area (Å²) in [5, 5.41) is 11.8. The molecule has 0 N–H and O–H groups in total.